The number of rotatable bonds is 32. The summed E-state index contributed by atoms with van der Waals surface area (Å²) < 4.78 is 0. The van der Waals surface area contributed by atoms with Crippen LogP contribution in [0.5, 0.6) is 5.75 Å². The van der Waals surface area contributed by atoms with Gasteiger partial charge < -0.3 is 69.3 Å². The van der Waals surface area contributed by atoms with Crippen LogP contribution in [0.2, 0.25) is 0 Å². The van der Waals surface area contributed by atoms with Gasteiger partial charge in [-0.1, -0.05) is 75.2 Å². The van der Waals surface area contributed by atoms with Gasteiger partial charge in [-0.05, 0) is 67.3 Å². The minimum Gasteiger partial charge on any atom is -0.508 e. The smallest absolute Gasteiger partial charge is 0.296 e. The lowest BCUT2D eigenvalue weighted by atomic mass is 9.96. The highest BCUT2D eigenvalue weighted by molar-refractivity contribution is 8.82. The van der Waals surface area contributed by atoms with Crippen molar-refractivity contribution in [2.45, 2.75) is 128 Å². The Balaban J connectivity index is 1.79. The van der Waals surface area contributed by atoms with Crippen LogP contribution in [-0.4, -0.2) is 154 Å². The fourth-order valence-electron chi connectivity index (χ4n) is 8.07. The van der Waals surface area contributed by atoms with Crippen LogP contribution in [0.4, 0.5) is 10.5 Å². The van der Waals surface area contributed by atoms with Crippen LogP contribution in [0.15, 0.2) is 54.6 Å². The van der Waals surface area contributed by atoms with Crippen LogP contribution in [0.3, 0.4) is 0 Å². The lowest BCUT2D eigenvalue weighted by Gasteiger charge is -2.30. The minimum absolute atomic E-state index is 0.0472. The van der Waals surface area contributed by atoms with Crippen molar-refractivity contribution in [3.63, 3.8) is 0 Å². The van der Waals surface area contributed by atoms with Crippen molar-refractivity contribution in [2.24, 2.45) is 29.0 Å². The fraction of sp³-hybridized carbons (Fsp3) is 0.529. The van der Waals surface area contributed by atoms with Crippen molar-refractivity contribution in [1.29, 1.82) is 0 Å². The van der Waals surface area contributed by atoms with Crippen molar-refractivity contribution in [3.8, 4) is 5.75 Å². The van der Waals surface area contributed by atoms with Crippen LogP contribution in [0.1, 0.15) is 84.6 Å². The number of hydrogen-bond acceptors (Lipinski definition) is 16. The van der Waals surface area contributed by atoms with Crippen LogP contribution in [0.25, 0.3) is 0 Å². The van der Waals surface area contributed by atoms with E-state index >= 15 is 0 Å². The number of phenolic OH excluding ortho intramolecular Hbond substituents is 1. The monoisotopic (exact) mass is 1160 g/mol. The van der Waals surface area contributed by atoms with Gasteiger partial charge >= 0.3 is 0 Å². The van der Waals surface area contributed by atoms with Gasteiger partial charge in [0.15, 0.2) is 0 Å². The maximum atomic E-state index is 14.3. The molecule has 0 aromatic heterocycles. The molecule has 12 amide bonds. The van der Waals surface area contributed by atoms with Crippen molar-refractivity contribution < 1.29 is 62.6 Å². The molecule has 1 aliphatic rings. The molecule has 434 valence electrons. The molecule has 8 atom stereocenters. The topological polar surface area (TPSA) is 394 Å². The number of hydrogen-bond donors (Lipinski definition) is 12. The number of amides is 12. The Morgan fingerprint density at radius 2 is 1.34 bits per heavy atom. The van der Waals surface area contributed by atoms with Crippen molar-refractivity contribution in [3.05, 3.63) is 60.2 Å². The molecule has 3 rings (SSSR count). The van der Waals surface area contributed by atoms with E-state index in [0.717, 1.165) is 21.6 Å². The molecule has 0 spiro atoms. The first kappa shape index (κ1) is 66.2. The van der Waals surface area contributed by atoms with Crippen LogP contribution in [0, 0.1) is 11.8 Å². The Hall–Kier alpha value is -7.07. The number of likely N-dealkylation sites (tertiary alicyclic amines) is 1. The van der Waals surface area contributed by atoms with Crippen LogP contribution >= 0.6 is 34.2 Å². The molecule has 1 aliphatic heterocycles. The predicted octanol–water partition coefficient (Wildman–Crippen LogP) is -0.373. The second kappa shape index (κ2) is 33.4. The molecule has 1 heterocycles. The van der Waals surface area contributed by atoms with Gasteiger partial charge in [0.2, 0.25) is 65.0 Å². The highest BCUT2D eigenvalue weighted by Gasteiger charge is 2.40. The largest absolute Gasteiger partial charge is 0.508 e. The molecule has 25 nitrogen and oxygen atoms in total. The number of nitrogens with two attached hydrogens (primary N) is 3. The molecule has 79 heavy (non-hydrogen) atoms. The van der Waals surface area contributed by atoms with E-state index < -0.39 is 139 Å². The maximum Gasteiger partial charge on any atom is 0.296 e. The summed E-state index contributed by atoms with van der Waals surface area (Å²) in [7, 11) is 3.70. The second-order valence-corrected chi connectivity index (χ2v) is 22.0. The van der Waals surface area contributed by atoms with E-state index in [0.29, 0.717) is 24.1 Å². The Labute approximate surface area is 472 Å². The standard InChI is InChI=1S/C51H74N12O13S3/c1-6-29(4)43(61-47(72)35(24-30-14-16-32(64)17-15-30)56-42(68)20-22-78-79-51(76)62(5)31-11-8-7-9-12-31)49(74)57-33(18-19-39(52)65)45(70)58-36(25-40(53)66)46(71)60-37(27-77)50(75)63-21-10-13-38(63)48(73)59-34(23-28(2)3)44(69)55-26-41(54)67/h7-9,11-12,14-17,28-29,33-38,43,64,77H,6,10,13,18-27H2,1-5H3,(H2,52,65)(H2,53,66)(H2,54,67)(H,55,69)(H,56,68)(H,57,74)(H,58,70)(H,59,73)(H,60,71)(H,61,72)/t29-,33-,34-,35-,36-,37-,38-,43-/m0/s1. The Bertz CT molecular complexity index is 2480. The number of para-hydroxylation sites is 1. The van der Waals surface area contributed by atoms with Gasteiger partial charge in [0, 0.05) is 60.8 Å². The molecule has 0 saturated carbocycles. The number of benzene rings is 2. The molecule has 14 N–H and O–H groups in total. The molecule has 0 aliphatic carbocycles. The minimum atomic E-state index is -1.77. The first-order valence-corrected chi connectivity index (χ1v) is 28.6. The molecule has 0 radical (unpaired) electrons. The molecular weight excluding hydrogens is 1080 g/mol. The van der Waals surface area contributed by atoms with Crippen molar-refractivity contribution in [1.82, 2.24) is 42.1 Å². The van der Waals surface area contributed by atoms with Gasteiger partial charge in [0.25, 0.3) is 5.24 Å². The quantitative estimate of drug-likeness (QED) is 0.0253. The summed E-state index contributed by atoms with van der Waals surface area (Å²) in [6, 6.07) is 5.19. The Morgan fingerprint density at radius 1 is 0.722 bits per heavy atom. The Morgan fingerprint density at radius 3 is 1.94 bits per heavy atom. The molecule has 1 fully saturated rings. The van der Waals surface area contributed by atoms with Gasteiger partial charge in [0.05, 0.1) is 13.0 Å². The number of thiol groups is 1. The summed E-state index contributed by atoms with van der Waals surface area (Å²) in [5.74, 6) is -10.1. The third-order valence-electron chi connectivity index (χ3n) is 12.5. The first-order chi connectivity index (χ1) is 37.3. The van der Waals surface area contributed by atoms with E-state index in [1.54, 1.807) is 57.3 Å². The second-order valence-electron chi connectivity index (χ2n) is 19.3. The van der Waals surface area contributed by atoms with E-state index in [1.807, 2.05) is 19.9 Å². The number of phenols is 1. The zero-order chi connectivity index (χ0) is 58.9. The van der Waals surface area contributed by atoms with Gasteiger partial charge in [-0.3, -0.25) is 57.5 Å². The summed E-state index contributed by atoms with van der Waals surface area (Å²) in [6.45, 7) is 6.62. The molecular formula is C51H74N12O13S3. The van der Waals surface area contributed by atoms with Crippen LogP contribution < -0.4 is 59.3 Å². The summed E-state index contributed by atoms with van der Waals surface area (Å²) in [6.07, 6.45) is -0.834. The summed E-state index contributed by atoms with van der Waals surface area (Å²) >= 11 is 4.25. The number of anilines is 1. The van der Waals surface area contributed by atoms with Gasteiger partial charge in [-0.15, -0.1) is 0 Å². The van der Waals surface area contributed by atoms with E-state index in [1.165, 1.54) is 21.9 Å². The van der Waals surface area contributed by atoms with Gasteiger partial charge in [-0.2, -0.15) is 12.6 Å². The van der Waals surface area contributed by atoms with E-state index in [9.17, 15) is 62.6 Å². The van der Waals surface area contributed by atoms with E-state index in [2.05, 4.69) is 49.8 Å². The highest BCUT2D eigenvalue weighted by Crippen LogP contribution is 2.28. The van der Waals surface area contributed by atoms with E-state index in [-0.39, 0.29) is 60.6 Å². The molecule has 1 saturated heterocycles. The average Bonchev–Trinajstić information content (AvgIpc) is 3.91. The number of primary amides is 3. The van der Waals surface area contributed by atoms with Crippen molar-refractivity contribution >= 4 is 110 Å². The molecule has 2 aromatic carbocycles. The van der Waals surface area contributed by atoms with Crippen LogP contribution in [-0.2, 0) is 59.2 Å². The van der Waals surface area contributed by atoms with Gasteiger partial charge in [-0.25, -0.2) is 0 Å². The Kier molecular flexibility index (Phi) is 28.0. The number of carbonyl (C=O) groups excluding carboxylic acids is 12. The maximum absolute atomic E-state index is 14.3. The number of carbonyl (C=O) groups is 12. The first-order valence-electron chi connectivity index (χ1n) is 25.6. The summed E-state index contributed by atoms with van der Waals surface area (Å²) in [4.78, 5) is 161. The number of aromatic hydroxyl groups is 1. The predicted molar refractivity (Wildman–Crippen MR) is 300 cm³/mol. The summed E-state index contributed by atoms with van der Waals surface area (Å²) in [5, 5.41) is 27.4. The van der Waals surface area contributed by atoms with Gasteiger partial charge in [0.1, 0.15) is 48.0 Å². The average molecular weight is 1160 g/mol. The van der Waals surface area contributed by atoms with E-state index in [4.69, 9.17) is 17.2 Å². The SMILES string of the molecule is CC[C@H](C)[C@H](NC(=O)[C@H](Cc1ccc(O)cc1)NC(=O)CCSSC(=O)N(C)c1ccccc1)C(=O)N[C@@H](CCC(N)=O)C(=O)N[C@@H](CC(N)=O)C(=O)N[C@@H](CS)C(=O)N1CCC[C@H]1C(=O)N[C@@H](CC(C)C)C(=O)NCC(N)=O. The third-order valence-corrected chi connectivity index (χ3v) is 15.1. The lowest BCUT2D eigenvalue weighted by Crippen LogP contribution is -2.61. The third kappa shape index (κ3) is 22.7. The number of nitrogens with zero attached hydrogens (tertiary/aromatic N) is 2. The molecule has 28 heteroatoms. The van der Waals surface area contributed by atoms with Crippen molar-refractivity contribution in [2.75, 3.05) is 36.5 Å². The fourth-order valence-corrected chi connectivity index (χ4v) is 10.1. The molecule has 0 unspecified atom stereocenters. The molecule has 2 aromatic rings. The zero-order valence-electron chi connectivity index (χ0n) is 44.8. The lowest BCUT2D eigenvalue weighted by molar-refractivity contribution is -0.142. The highest BCUT2D eigenvalue weighted by atomic mass is 33.1. The number of nitrogens with one attached hydrogen (secondary N) is 7. The summed E-state index contributed by atoms with van der Waals surface area (Å²) in [5.41, 5.74) is 17.3. The molecule has 0 bridgehead atoms. The zero-order valence-corrected chi connectivity index (χ0v) is 47.3. The normalized spacial score (nSPS) is 15.6.